The summed E-state index contributed by atoms with van der Waals surface area (Å²) in [7, 11) is 1.39. The Balaban J connectivity index is 1.38. The fourth-order valence-corrected chi connectivity index (χ4v) is 6.13. The number of anilines is 1. The number of nitrogens with one attached hydrogen (secondary N) is 1. The van der Waals surface area contributed by atoms with Gasteiger partial charge in [0.05, 0.1) is 28.8 Å². The number of aromatic nitrogens is 1. The molecule has 0 saturated heterocycles. The van der Waals surface area contributed by atoms with Crippen molar-refractivity contribution in [3.63, 3.8) is 0 Å². The molecule has 0 spiro atoms. The average molecular weight is 600 g/mol. The molecular weight excluding hydrogens is 574 g/mol. The minimum absolute atomic E-state index is 0.202. The number of carbonyl (C=O) groups is 2. The average Bonchev–Trinajstić information content (AvgIpc) is 3.68. The van der Waals surface area contributed by atoms with Gasteiger partial charge in [-0.2, -0.15) is 4.37 Å². The van der Waals surface area contributed by atoms with E-state index in [1.807, 2.05) is 24.3 Å². The molecule has 6 nitrogen and oxygen atoms in total. The second-order valence-electron chi connectivity index (χ2n) is 9.63. The first-order valence-electron chi connectivity index (χ1n) is 12.5. The van der Waals surface area contributed by atoms with Gasteiger partial charge in [0.15, 0.2) is 0 Å². The van der Waals surface area contributed by atoms with Gasteiger partial charge in [0.1, 0.15) is 11.9 Å². The van der Waals surface area contributed by atoms with Crippen LogP contribution in [0.3, 0.4) is 0 Å². The lowest BCUT2D eigenvalue weighted by Gasteiger charge is -2.16. The fraction of sp³-hybridized carbons (Fsp3) is 0.233. The highest BCUT2D eigenvalue weighted by Gasteiger charge is 2.52. The summed E-state index contributed by atoms with van der Waals surface area (Å²) in [6, 6.07) is 17.3. The van der Waals surface area contributed by atoms with Gasteiger partial charge in [-0.05, 0) is 67.5 Å². The number of aryl methyl sites for hydroxylation is 1. The van der Waals surface area contributed by atoms with Gasteiger partial charge in [-0.15, -0.1) is 0 Å². The fourth-order valence-electron chi connectivity index (χ4n) is 4.70. The number of hydrogen-bond acceptors (Lipinski definition) is 6. The van der Waals surface area contributed by atoms with Gasteiger partial charge in [-0.25, -0.2) is 9.18 Å². The lowest BCUT2D eigenvalue weighted by Crippen LogP contribution is -2.21. The minimum atomic E-state index is -0.722. The molecule has 0 aliphatic heterocycles. The first-order chi connectivity index (χ1) is 19.1. The lowest BCUT2D eigenvalue weighted by molar-refractivity contribution is -0.143. The van der Waals surface area contributed by atoms with E-state index in [0.717, 1.165) is 29.9 Å². The van der Waals surface area contributed by atoms with Crippen LogP contribution in [-0.4, -0.2) is 23.5 Å². The minimum Gasteiger partial charge on any atom is -0.468 e. The summed E-state index contributed by atoms with van der Waals surface area (Å²) in [6.07, 6.45) is 0.143. The normalized spacial score (nSPS) is 14.3. The SMILES string of the molecule is COC(=O)C1(c2ccc(-c3cc(F)c(-c4snc(C)c4NC(=O)O[C@H](C)c4ccccc4Cl)cc3Cl)cc2)CC1. The van der Waals surface area contributed by atoms with Gasteiger partial charge < -0.3 is 9.47 Å². The molecule has 1 fully saturated rings. The Labute approximate surface area is 245 Å². The second kappa shape index (κ2) is 11.2. The van der Waals surface area contributed by atoms with E-state index >= 15 is 4.39 Å². The maximum Gasteiger partial charge on any atom is 0.412 e. The number of esters is 1. The molecule has 10 heteroatoms. The quantitative estimate of drug-likeness (QED) is 0.215. The predicted octanol–water partition coefficient (Wildman–Crippen LogP) is 8.75. The highest BCUT2D eigenvalue weighted by molar-refractivity contribution is 7.10. The largest absolute Gasteiger partial charge is 0.468 e. The van der Waals surface area contributed by atoms with Crippen LogP contribution >= 0.6 is 34.7 Å². The van der Waals surface area contributed by atoms with Crippen LogP contribution in [0.15, 0.2) is 60.7 Å². The van der Waals surface area contributed by atoms with Crippen molar-refractivity contribution in [2.45, 2.75) is 38.2 Å². The zero-order valence-corrected chi connectivity index (χ0v) is 24.2. The Bertz CT molecular complexity index is 1600. The predicted molar refractivity (Wildman–Crippen MR) is 156 cm³/mol. The first kappa shape index (κ1) is 28.1. The molecule has 0 radical (unpaired) electrons. The summed E-state index contributed by atoms with van der Waals surface area (Å²) in [5.41, 5.74) is 3.20. The van der Waals surface area contributed by atoms with E-state index < -0.39 is 23.4 Å². The van der Waals surface area contributed by atoms with Gasteiger partial charge in [0, 0.05) is 26.7 Å². The third-order valence-electron chi connectivity index (χ3n) is 7.09. The number of carbonyl (C=O) groups excluding carboxylic acids is 2. The molecule has 1 amide bonds. The second-order valence-corrected chi connectivity index (χ2v) is 11.2. The first-order valence-corrected chi connectivity index (χ1v) is 14.0. The lowest BCUT2D eigenvalue weighted by atomic mass is 9.93. The molecule has 1 aliphatic carbocycles. The number of rotatable bonds is 7. The van der Waals surface area contributed by atoms with Crippen molar-refractivity contribution in [3.05, 3.63) is 93.3 Å². The van der Waals surface area contributed by atoms with E-state index in [1.165, 1.54) is 19.2 Å². The summed E-state index contributed by atoms with van der Waals surface area (Å²) in [4.78, 5) is 25.4. The third-order valence-corrected chi connectivity index (χ3v) is 8.72. The van der Waals surface area contributed by atoms with Gasteiger partial charge >= 0.3 is 12.1 Å². The molecule has 0 bridgehead atoms. The Morgan fingerprint density at radius 3 is 2.40 bits per heavy atom. The van der Waals surface area contributed by atoms with Crippen molar-refractivity contribution in [3.8, 4) is 21.6 Å². The summed E-state index contributed by atoms with van der Waals surface area (Å²) in [5, 5.41) is 3.52. The zero-order chi connectivity index (χ0) is 28.6. The number of benzene rings is 3. The topological polar surface area (TPSA) is 77.5 Å². The molecule has 206 valence electrons. The number of nitrogens with zero attached hydrogens (tertiary/aromatic N) is 1. The van der Waals surface area contributed by atoms with Crippen molar-refractivity contribution < 1.29 is 23.5 Å². The molecule has 40 heavy (non-hydrogen) atoms. The number of halogens is 3. The Kier molecular flexibility index (Phi) is 7.86. The van der Waals surface area contributed by atoms with E-state index in [9.17, 15) is 9.59 Å². The molecular formula is C30H25Cl2FN2O4S. The van der Waals surface area contributed by atoms with Crippen LogP contribution in [0.5, 0.6) is 0 Å². The van der Waals surface area contributed by atoms with Crippen molar-refractivity contribution in [2.24, 2.45) is 0 Å². The molecule has 1 N–H and O–H groups in total. The Morgan fingerprint density at radius 2 is 1.75 bits per heavy atom. The molecule has 1 heterocycles. The number of methoxy groups -OCH3 is 1. The van der Waals surface area contributed by atoms with E-state index in [2.05, 4.69) is 9.69 Å². The molecule has 3 aromatic carbocycles. The molecule has 1 aliphatic rings. The third kappa shape index (κ3) is 5.31. The van der Waals surface area contributed by atoms with Gasteiger partial charge in [-0.3, -0.25) is 10.1 Å². The van der Waals surface area contributed by atoms with Gasteiger partial charge in [0.25, 0.3) is 0 Å². The van der Waals surface area contributed by atoms with Crippen LogP contribution in [0.1, 0.15) is 42.7 Å². The van der Waals surface area contributed by atoms with Gasteiger partial charge in [0.2, 0.25) is 0 Å². The van der Waals surface area contributed by atoms with E-state index in [1.54, 1.807) is 38.1 Å². The van der Waals surface area contributed by atoms with Crippen LogP contribution in [0.2, 0.25) is 10.0 Å². The van der Waals surface area contributed by atoms with E-state index in [0.29, 0.717) is 43.0 Å². The molecule has 1 atom stereocenters. The van der Waals surface area contributed by atoms with Gasteiger partial charge in [-0.1, -0.05) is 65.7 Å². The highest BCUT2D eigenvalue weighted by atomic mass is 35.5. The maximum atomic E-state index is 15.5. The van der Waals surface area contributed by atoms with Crippen molar-refractivity contribution in [1.82, 2.24) is 4.37 Å². The van der Waals surface area contributed by atoms with Crippen LogP contribution in [0.4, 0.5) is 14.9 Å². The molecule has 1 aromatic heterocycles. The van der Waals surface area contributed by atoms with E-state index in [4.69, 9.17) is 32.7 Å². The Hall–Kier alpha value is -3.46. The van der Waals surface area contributed by atoms with Crippen molar-refractivity contribution >= 4 is 52.5 Å². The zero-order valence-electron chi connectivity index (χ0n) is 21.9. The number of ether oxygens (including phenoxy) is 2. The van der Waals surface area contributed by atoms with Crippen LogP contribution in [0, 0.1) is 12.7 Å². The molecule has 1 saturated carbocycles. The molecule has 4 aromatic rings. The molecule has 0 unspecified atom stereocenters. The van der Waals surface area contributed by atoms with Crippen LogP contribution in [0.25, 0.3) is 21.6 Å². The standard InChI is InChI=1S/C30H25Cl2FN2O4S/c1-16-26(34-29(37)39-17(2)20-6-4-5-7-23(20)31)27(40-35-16)22-14-24(32)21(15-25(22)33)18-8-10-19(11-9-18)30(12-13-30)28(36)38-3/h4-11,14-15,17H,12-13H2,1-3H3,(H,34,37)/t17-/m1/s1. The smallest absolute Gasteiger partial charge is 0.412 e. The summed E-state index contributed by atoms with van der Waals surface area (Å²) < 4.78 is 30.3. The van der Waals surface area contributed by atoms with Crippen LogP contribution in [-0.2, 0) is 19.7 Å². The highest BCUT2D eigenvalue weighted by Crippen LogP contribution is 2.49. The monoisotopic (exact) mass is 598 g/mol. The summed E-state index contributed by atoms with van der Waals surface area (Å²) in [5.74, 6) is -0.777. The van der Waals surface area contributed by atoms with Crippen molar-refractivity contribution in [1.29, 1.82) is 0 Å². The molecule has 5 rings (SSSR count). The summed E-state index contributed by atoms with van der Waals surface area (Å²) in [6.45, 7) is 3.43. The Morgan fingerprint density at radius 1 is 1.05 bits per heavy atom. The maximum absolute atomic E-state index is 15.5. The number of amides is 1. The number of hydrogen-bond donors (Lipinski definition) is 1. The van der Waals surface area contributed by atoms with E-state index in [-0.39, 0.29) is 11.5 Å². The van der Waals surface area contributed by atoms with Crippen molar-refractivity contribution in [2.75, 3.05) is 12.4 Å². The summed E-state index contributed by atoms with van der Waals surface area (Å²) >= 11 is 13.9. The van der Waals surface area contributed by atoms with Crippen LogP contribution < -0.4 is 5.32 Å².